The van der Waals surface area contributed by atoms with Gasteiger partial charge in [-0.2, -0.15) is 0 Å². The van der Waals surface area contributed by atoms with Crippen molar-refractivity contribution in [1.82, 2.24) is 24.8 Å². The summed E-state index contributed by atoms with van der Waals surface area (Å²) in [6, 6.07) is 14.3. The van der Waals surface area contributed by atoms with Gasteiger partial charge >= 0.3 is 0 Å². The highest BCUT2D eigenvalue weighted by Crippen LogP contribution is 2.39. The van der Waals surface area contributed by atoms with Crippen LogP contribution in [-0.2, 0) is 4.74 Å². The summed E-state index contributed by atoms with van der Waals surface area (Å²) >= 11 is 5.72. The molecule has 4 heterocycles. The number of rotatable bonds is 7. The number of ether oxygens (including phenoxy) is 1. The normalized spacial score (nSPS) is 18.8. The number of nitrogens with one attached hydrogen (secondary N) is 1. The summed E-state index contributed by atoms with van der Waals surface area (Å²) in [5.41, 5.74) is 3.24. The molecule has 3 aromatic rings. The third-order valence-electron chi connectivity index (χ3n) is 5.17. The van der Waals surface area contributed by atoms with Crippen LogP contribution in [0.25, 0.3) is 5.82 Å². The first-order valence-corrected chi connectivity index (χ1v) is 10.2. The van der Waals surface area contributed by atoms with Gasteiger partial charge < -0.3 is 19.5 Å². The molecule has 0 amide bonds. The predicted octanol–water partition coefficient (Wildman–Crippen LogP) is 3.58. The second-order valence-corrected chi connectivity index (χ2v) is 7.55. The highest BCUT2D eigenvalue weighted by Gasteiger charge is 2.41. The molecule has 0 spiro atoms. The van der Waals surface area contributed by atoms with Gasteiger partial charge in [0.2, 0.25) is 0 Å². The number of hydrogen-bond acceptors (Lipinski definition) is 4. The van der Waals surface area contributed by atoms with Crippen molar-refractivity contribution in [2.75, 3.05) is 20.3 Å². The Bertz CT molecular complexity index is 957. The van der Waals surface area contributed by atoms with Gasteiger partial charge in [-0.3, -0.25) is 4.98 Å². The van der Waals surface area contributed by atoms with Gasteiger partial charge in [0.1, 0.15) is 5.82 Å². The molecular formula is C22H25N5OS. The maximum atomic E-state index is 5.72. The molecule has 150 valence electrons. The van der Waals surface area contributed by atoms with Gasteiger partial charge in [0, 0.05) is 44.5 Å². The minimum atomic E-state index is -0.0367. The molecule has 0 radical (unpaired) electrons. The Morgan fingerprint density at radius 2 is 2.03 bits per heavy atom. The lowest BCUT2D eigenvalue weighted by Crippen LogP contribution is -2.32. The molecule has 0 bridgehead atoms. The second kappa shape index (κ2) is 8.71. The Kier molecular flexibility index (Phi) is 5.87. The molecule has 4 rings (SSSR count). The first-order chi connectivity index (χ1) is 14.2. The number of thiocarbonyl (C=S) groups is 1. The molecule has 3 aromatic heterocycles. The second-order valence-electron chi connectivity index (χ2n) is 7.16. The summed E-state index contributed by atoms with van der Waals surface area (Å²) in [6.07, 6.45) is 6.67. The molecule has 1 aliphatic rings. The van der Waals surface area contributed by atoms with Crippen LogP contribution in [0.4, 0.5) is 0 Å². The predicted molar refractivity (Wildman–Crippen MR) is 117 cm³/mol. The first kappa shape index (κ1) is 19.5. The molecule has 1 aliphatic heterocycles. The third-order valence-corrected chi connectivity index (χ3v) is 5.52. The zero-order chi connectivity index (χ0) is 20.2. The largest absolute Gasteiger partial charge is 0.385 e. The summed E-state index contributed by atoms with van der Waals surface area (Å²) in [7, 11) is 1.73. The van der Waals surface area contributed by atoms with E-state index < -0.39 is 0 Å². The van der Waals surface area contributed by atoms with Gasteiger partial charge in [-0.1, -0.05) is 12.1 Å². The van der Waals surface area contributed by atoms with Crippen molar-refractivity contribution < 1.29 is 4.74 Å². The average molecular weight is 408 g/mol. The standard InChI is InChI=1S/C22H25N5OS/c1-16-9-10-19(24-15-16)26-12-5-8-18(26)21-20(17-7-3-4-11-23-17)25-22(29)27(21)13-6-14-28-2/h3-5,7-12,15,20-21H,6,13-14H2,1-2H3,(H,25,29)/t20-,21+/m0/s1. The van der Waals surface area contributed by atoms with Crippen molar-refractivity contribution >= 4 is 17.3 Å². The van der Waals surface area contributed by atoms with Gasteiger partial charge in [-0.25, -0.2) is 4.98 Å². The Hall–Kier alpha value is -2.77. The van der Waals surface area contributed by atoms with Crippen LogP contribution in [0.1, 0.15) is 35.5 Å². The highest BCUT2D eigenvalue weighted by molar-refractivity contribution is 7.80. The van der Waals surface area contributed by atoms with Crippen LogP contribution < -0.4 is 5.32 Å². The molecule has 7 heteroatoms. The van der Waals surface area contributed by atoms with Crippen LogP contribution in [0.3, 0.4) is 0 Å². The lowest BCUT2D eigenvalue weighted by atomic mass is 10.0. The monoisotopic (exact) mass is 407 g/mol. The number of methoxy groups -OCH3 is 1. The van der Waals surface area contributed by atoms with E-state index in [2.05, 4.69) is 49.1 Å². The van der Waals surface area contributed by atoms with Gasteiger partial charge in [-0.05, 0) is 61.5 Å². The van der Waals surface area contributed by atoms with Gasteiger partial charge in [0.15, 0.2) is 5.11 Å². The molecule has 2 atom stereocenters. The lowest BCUT2D eigenvalue weighted by molar-refractivity contribution is 0.180. The Balaban J connectivity index is 1.75. The van der Waals surface area contributed by atoms with Crippen molar-refractivity contribution in [3.05, 3.63) is 78.0 Å². The molecule has 0 saturated carbocycles. The fourth-order valence-electron chi connectivity index (χ4n) is 3.79. The highest BCUT2D eigenvalue weighted by atomic mass is 32.1. The van der Waals surface area contributed by atoms with E-state index in [1.807, 2.05) is 43.6 Å². The number of nitrogens with zero attached hydrogens (tertiary/aromatic N) is 4. The zero-order valence-electron chi connectivity index (χ0n) is 16.7. The summed E-state index contributed by atoms with van der Waals surface area (Å²) in [5, 5.41) is 4.24. The van der Waals surface area contributed by atoms with E-state index in [0.29, 0.717) is 6.61 Å². The van der Waals surface area contributed by atoms with E-state index in [4.69, 9.17) is 17.0 Å². The van der Waals surface area contributed by atoms with Crippen molar-refractivity contribution in [1.29, 1.82) is 0 Å². The van der Waals surface area contributed by atoms with Gasteiger partial charge in [-0.15, -0.1) is 0 Å². The molecule has 1 N–H and O–H groups in total. The van der Waals surface area contributed by atoms with Crippen LogP contribution in [-0.4, -0.2) is 44.8 Å². The Morgan fingerprint density at radius 1 is 1.14 bits per heavy atom. The fourth-order valence-corrected chi connectivity index (χ4v) is 4.13. The molecular weight excluding hydrogens is 382 g/mol. The Morgan fingerprint density at radius 3 is 2.76 bits per heavy atom. The van der Waals surface area contributed by atoms with Crippen LogP contribution >= 0.6 is 12.2 Å². The van der Waals surface area contributed by atoms with E-state index in [0.717, 1.165) is 40.8 Å². The first-order valence-electron chi connectivity index (χ1n) is 9.76. The molecule has 6 nitrogen and oxygen atoms in total. The van der Waals surface area contributed by atoms with E-state index in [9.17, 15) is 0 Å². The van der Waals surface area contributed by atoms with Crippen molar-refractivity contribution in [2.45, 2.75) is 25.4 Å². The van der Waals surface area contributed by atoms with E-state index in [1.54, 1.807) is 7.11 Å². The molecule has 1 saturated heterocycles. The quantitative estimate of drug-likeness (QED) is 0.477. The molecule has 29 heavy (non-hydrogen) atoms. The number of aryl methyl sites for hydroxylation is 1. The van der Waals surface area contributed by atoms with Crippen LogP contribution in [0, 0.1) is 6.92 Å². The van der Waals surface area contributed by atoms with E-state index in [-0.39, 0.29) is 12.1 Å². The van der Waals surface area contributed by atoms with Gasteiger partial charge in [0.25, 0.3) is 0 Å². The average Bonchev–Trinajstić information content (AvgIpc) is 3.34. The van der Waals surface area contributed by atoms with Crippen LogP contribution in [0.15, 0.2) is 61.1 Å². The summed E-state index contributed by atoms with van der Waals surface area (Å²) in [5.74, 6) is 0.894. The maximum absolute atomic E-state index is 5.72. The molecule has 0 aromatic carbocycles. The minimum Gasteiger partial charge on any atom is -0.385 e. The van der Waals surface area contributed by atoms with E-state index in [1.165, 1.54) is 0 Å². The smallest absolute Gasteiger partial charge is 0.170 e. The Labute approximate surface area is 176 Å². The van der Waals surface area contributed by atoms with Crippen LogP contribution in [0.5, 0.6) is 0 Å². The number of hydrogen-bond donors (Lipinski definition) is 1. The summed E-state index contributed by atoms with van der Waals surface area (Å²) in [6.45, 7) is 3.54. The third kappa shape index (κ3) is 4.02. The lowest BCUT2D eigenvalue weighted by Gasteiger charge is -2.28. The van der Waals surface area contributed by atoms with Crippen molar-refractivity contribution in [3.63, 3.8) is 0 Å². The summed E-state index contributed by atoms with van der Waals surface area (Å²) in [4.78, 5) is 11.5. The zero-order valence-corrected chi connectivity index (χ0v) is 17.5. The molecule has 0 unspecified atom stereocenters. The van der Waals surface area contributed by atoms with Crippen LogP contribution in [0.2, 0.25) is 0 Å². The number of aromatic nitrogens is 3. The molecule has 1 fully saturated rings. The van der Waals surface area contributed by atoms with E-state index >= 15 is 0 Å². The fraction of sp³-hybridized carbons (Fsp3) is 0.318. The van der Waals surface area contributed by atoms with Crippen molar-refractivity contribution in [3.8, 4) is 5.82 Å². The summed E-state index contributed by atoms with van der Waals surface area (Å²) < 4.78 is 7.40. The SMILES string of the molecule is COCCCN1C(=S)N[C@@H](c2ccccn2)[C@H]1c1cccn1-c1ccc(C)cn1. The van der Waals surface area contributed by atoms with Gasteiger partial charge in [0.05, 0.1) is 17.8 Å². The molecule has 0 aliphatic carbocycles. The maximum Gasteiger partial charge on any atom is 0.170 e. The number of pyridine rings is 2. The minimum absolute atomic E-state index is 0.00681. The topological polar surface area (TPSA) is 55.2 Å². The van der Waals surface area contributed by atoms with Crippen molar-refractivity contribution in [2.24, 2.45) is 0 Å².